The number of nitrogens with zero attached hydrogens (tertiary/aromatic N) is 2. The highest BCUT2D eigenvalue weighted by Crippen LogP contribution is 2.36. The van der Waals surface area contributed by atoms with Crippen molar-refractivity contribution in [2.45, 2.75) is 0 Å². The summed E-state index contributed by atoms with van der Waals surface area (Å²) in [7, 11) is 1.57. The molecule has 150 valence electrons. The van der Waals surface area contributed by atoms with Crippen molar-refractivity contribution in [1.82, 2.24) is 4.90 Å². The van der Waals surface area contributed by atoms with Crippen LogP contribution in [0.1, 0.15) is 20.9 Å². The van der Waals surface area contributed by atoms with E-state index in [0.717, 1.165) is 5.69 Å². The van der Waals surface area contributed by atoms with Crippen LogP contribution in [0.2, 0.25) is 5.02 Å². The van der Waals surface area contributed by atoms with E-state index in [4.69, 9.17) is 25.9 Å². The number of hydrogen-bond acceptors (Lipinski definition) is 5. The van der Waals surface area contributed by atoms with Crippen molar-refractivity contribution >= 4 is 40.1 Å². The molecule has 0 bridgehead atoms. The zero-order valence-electron chi connectivity index (χ0n) is 15.7. The number of anilines is 1. The molecule has 3 aromatic rings. The second-order valence-corrected chi connectivity index (χ2v) is 7.12. The molecule has 7 nitrogen and oxygen atoms in total. The smallest absolute Gasteiger partial charge is 0.371 e. The molecule has 2 aromatic carbocycles. The summed E-state index contributed by atoms with van der Waals surface area (Å²) >= 11 is 6.53. The SMILES string of the molecule is COc1cccc(C(=O)N2CCN(c3ccc4oc(C(=O)O)cc4c3Cl)CC2)c1. The first-order chi connectivity index (χ1) is 14.0. The maximum atomic E-state index is 12.8. The number of methoxy groups -OCH3 is 1. The lowest BCUT2D eigenvalue weighted by Gasteiger charge is -2.36. The van der Waals surface area contributed by atoms with E-state index < -0.39 is 5.97 Å². The fourth-order valence-corrected chi connectivity index (χ4v) is 3.84. The molecule has 0 atom stereocenters. The summed E-state index contributed by atoms with van der Waals surface area (Å²) in [5, 5.41) is 10.1. The van der Waals surface area contributed by atoms with Crippen LogP contribution >= 0.6 is 11.6 Å². The molecule has 29 heavy (non-hydrogen) atoms. The standard InChI is InChI=1S/C21H19ClN2O5/c1-28-14-4-2-3-13(11-14)20(25)24-9-7-23(8-10-24)16-5-6-17-15(19(16)22)12-18(29-17)21(26)27/h2-6,11-12H,7-10H2,1H3,(H,26,27). The largest absolute Gasteiger partial charge is 0.497 e. The fourth-order valence-electron chi connectivity index (χ4n) is 3.50. The molecule has 0 spiro atoms. The fraction of sp³-hybridized carbons (Fsp3) is 0.238. The number of aromatic carboxylic acids is 1. The van der Waals surface area contributed by atoms with Crippen LogP contribution in [0.3, 0.4) is 0 Å². The first-order valence-electron chi connectivity index (χ1n) is 9.11. The zero-order chi connectivity index (χ0) is 20.5. The quantitative estimate of drug-likeness (QED) is 0.700. The number of carbonyl (C=O) groups excluding carboxylic acids is 1. The van der Waals surface area contributed by atoms with Crippen LogP contribution < -0.4 is 9.64 Å². The van der Waals surface area contributed by atoms with E-state index in [1.54, 1.807) is 42.3 Å². The van der Waals surface area contributed by atoms with Crippen LogP contribution in [-0.4, -0.2) is 55.2 Å². The van der Waals surface area contributed by atoms with E-state index in [-0.39, 0.29) is 11.7 Å². The maximum absolute atomic E-state index is 12.8. The lowest BCUT2D eigenvalue weighted by Crippen LogP contribution is -2.48. The number of hydrogen-bond donors (Lipinski definition) is 1. The Hall–Kier alpha value is -3.19. The maximum Gasteiger partial charge on any atom is 0.371 e. The second-order valence-electron chi connectivity index (χ2n) is 6.74. The first kappa shape index (κ1) is 19.1. The third-order valence-electron chi connectivity index (χ3n) is 5.05. The van der Waals surface area contributed by atoms with Crippen LogP contribution in [0.4, 0.5) is 5.69 Å². The predicted molar refractivity (Wildman–Crippen MR) is 109 cm³/mol. The van der Waals surface area contributed by atoms with Gasteiger partial charge in [-0.1, -0.05) is 17.7 Å². The third kappa shape index (κ3) is 3.61. The third-order valence-corrected chi connectivity index (χ3v) is 5.45. The Kier molecular flexibility index (Phi) is 5.07. The van der Waals surface area contributed by atoms with Gasteiger partial charge in [-0.25, -0.2) is 4.79 Å². The number of carboxylic acid groups (broad SMARTS) is 1. The number of rotatable bonds is 4. The molecule has 0 saturated carbocycles. The van der Waals surface area contributed by atoms with Gasteiger partial charge in [-0.05, 0) is 30.3 Å². The van der Waals surface area contributed by atoms with Gasteiger partial charge in [0.1, 0.15) is 11.3 Å². The number of piperazine rings is 1. The monoisotopic (exact) mass is 414 g/mol. The minimum atomic E-state index is -1.14. The number of ether oxygens (including phenoxy) is 1. The van der Waals surface area contributed by atoms with Crippen LogP contribution in [0.15, 0.2) is 46.9 Å². The summed E-state index contributed by atoms with van der Waals surface area (Å²) in [5.41, 5.74) is 1.82. The van der Waals surface area contributed by atoms with Gasteiger partial charge in [-0.2, -0.15) is 0 Å². The minimum absolute atomic E-state index is 0.0361. The second kappa shape index (κ2) is 7.67. The molecule has 4 rings (SSSR count). The Morgan fingerprint density at radius 2 is 1.86 bits per heavy atom. The predicted octanol–water partition coefficient (Wildman–Crippen LogP) is 3.76. The molecule has 0 unspecified atom stereocenters. The molecule has 1 aromatic heterocycles. The van der Waals surface area contributed by atoms with Gasteiger partial charge in [0.05, 0.1) is 17.8 Å². The highest BCUT2D eigenvalue weighted by Gasteiger charge is 2.25. The van der Waals surface area contributed by atoms with Crippen molar-refractivity contribution in [2.75, 3.05) is 38.2 Å². The Morgan fingerprint density at radius 1 is 1.10 bits per heavy atom. The van der Waals surface area contributed by atoms with Gasteiger partial charge in [-0.15, -0.1) is 0 Å². The summed E-state index contributed by atoms with van der Waals surface area (Å²) in [6.45, 7) is 2.33. The molecule has 2 heterocycles. The average Bonchev–Trinajstić information content (AvgIpc) is 3.19. The van der Waals surface area contributed by atoms with Crippen molar-refractivity contribution in [2.24, 2.45) is 0 Å². The zero-order valence-corrected chi connectivity index (χ0v) is 16.5. The lowest BCUT2D eigenvalue weighted by molar-refractivity contribution is 0.0664. The van der Waals surface area contributed by atoms with Gasteiger partial charge in [0.25, 0.3) is 5.91 Å². The molecular weight excluding hydrogens is 396 g/mol. The van der Waals surface area contributed by atoms with Gasteiger partial charge in [0, 0.05) is 43.2 Å². The van der Waals surface area contributed by atoms with E-state index in [2.05, 4.69) is 4.90 Å². The van der Waals surface area contributed by atoms with Gasteiger partial charge >= 0.3 is 5.97 Å². The molecule has 1 aliphatic heterocycles. The van der Waals surface area contributed by atoms with Crippen molar-refractivity contribution in [3.8, 4) is 5.75 Å². The lowest BCUT2D eigenvalue weighted by atomic mass is 10.1. The number of halogens is 1. The first-order valence-corrected chi connectivity index (χ1v) is 9.49. The molecule has 1 saturated heterocycles. The molecule has 0 aliphatic carbocycles. The summed E-state index contributed by atoms with van der Waals surface area (Å²) < 4.78 is 10.5. The Labute approximate surface area is 172 Å². The van der Waals surface area contributed by atoms with Crippen molar-refractivity contribution in [3.05, 3.63) is 58.8 Å². The normalized spacial score (nSPS) is 14.3. The Balaban J connectivity index is 1.50. The van der Waals surface area contributed by atoms with E-state index in [0.29, 0.717) is 53.5 Å². The van der Waals surface area contributed by atoms with Crippen molar-refractivity contribution < 1.29 is 23.8 Å². The summed E-state index contributed by atoms with van der Waals surface area (Å²) in [6, 6.07) is 12.1. The molecule has 1 amide bonds. The Bertz CT molecular complexity index is 1090. The molecule has 1 fully saturated rings. The molecule has 8 heteroatoms. The van der Waals surface area contributed by atoms with Gasteiger partial charge in [-0.3, -0.25) is 4.79 Å². The van der Waals surface area contributed by atoms with Crippen LogP contribution in [0, 0.1) is 0 Å². The van der Waals surface area contributed by atoms with E-state index in [1.165, 1.54) is 6.07 Å². The minimum Gasteiger partial charge on any atom is -0.497 e. The number of furan rings is 1. The molecule has 1 N–H and O–H groups in total. The summed E-state index contributed by atoms with van der Waals surface area (Å²) in [4.78, 5) is 27.8. The number of benzene rings is 2. The van der Waals surface area contributed by atoms with E-state index in [9.17, 15) is 9.59 Å². The molecule has 0 radical (unpaired) electrons. The van der Waals surface area contributed by atoms with Crippen molar-refractivity contribution in [1.29, 1.82) is 0 Å². The van der Waals surface area contributed by atoms with E-state index >= 15 is 0 Å². The Morgan fingerprint density at radius 3 is 2.55 bits per heavy atom. The highest BCUT2D eigenvalue weighted by atomic mass is 35.5. The van der Waals surface area contributed by atoms with Crippen LogP contribution in [0.5, 0.6) is 5.75 Å². The number of amides is 1. The van der Waals surface area contributed by atoms with Gasteiger partial charge < -0.3 is 24.1 Å². The molecule has 1 aliphatic rings. The topological polar surface area (TPSA) is 83.2 Å². The highest BCUT2D eigenvalue weighted by molar-refractivity contribution is 6.38. The summed E-state index contributed by atoms with van der Waals surface area (Å²) in [6.07, 6.45) is 0. The average molecular weight is 415 g/mol. The molecular formula is C21H19ClN2O5. The summed E-state index contributed by atoms with van der Waals surface area (Å²) in [5.74, 6) is -0.669. The number of carboxylic acids is 1. The number of fused-ring (bicyclic) bond motifs is 1. The van der Waals surface area contributed by atoms with Crippen molar-refractivity contribution in [3.63, 3.8) is 0 Å². The van der Waals surface area contributed by atoms with Gasteiger partial charge in [0.15, 0.2) is 0 Å². The number of carbonyl (C=O) groups is 2. The van der Waals surface area contributed by atoms with Crippen LogP contribution in [0.25, 0.3) is 11.0 Å². The van der Waals surface area contributed by atoms with E-state index in [1.807, 2.05) is 6.07 Å². The van der Waals surface area contributed by atoms with Gasteiger partial charge in [0.2, 0.25) is 5.76 Å². The van der Waals surface area contributed by atoms with Crippen LogP contribution in [-0.2, 0) is 0 Å².